The summed E-state index contributed by atoms with van der Waals surface area (Å²) in [7, 11) is 0. The summed E-state index contributed by atoms with van der Waals surface area (Å²) in [5.74, 6) is -0.0296. The van der Waals surface area contributed by atoms with E-state index < -0.39 is 0 Å². The number of carbonyl (C=O) groups excluding carboxylic acids is 1. The van der Waals surface area contributed by atoms with E-state index in [2.05, 4.69) is 10.3 Å². The van der Waals surface area contributed by atoms with Gasteiger partial charge in [-0.1, -0.05) is 6.92 Å². The van der Waals surface area contributed by atoms with Gasteiger partial charge in [-0.05, 0) is 25.5 Å². The van der Waals surface area contributed by atoms with Crippen LogP contribution in [0.15, 0.2) is 30.9 Å². The molecule has 16 heavy (non-hydrogen) atoms. The van der Waals surface area contributed by atoms with Gasteiger partial charge in [-0.15, -0.1) is 0 Å². The van der Waals surface area contributed by atoms with E-state index in [0.717, 1.165) is 11.9 Å². The normalized spacial score (nSPS) is 12.6. The number of carbonyl (C=O) groups is 1. The van der Waals surface area contributed by atoms with E-state index in [0.29, 0.717) is 5.56 Å². The molecule has 1 amide bonds. The van der Waals surface area contributed by atoms with E-state index in [-0.39, 0.29) is 11.9 Å². The molecule has 2 aromatic rings. The number of imidazole rings is 1. The molecule has 84 valence electrons. The highest BCUT2D eigenvalue weighted by Crippen LogP contribution is 2.07. The van der Waals surface area contributed by atoms with Crippen LogP contribution in [0.3, 0.4) is 0 Å². The van der Waals surface area contributed by atoms with Gasteiger partial charge in [-0.2, -0.15) is 0 Å². The molecule has 0 aliphatic rings. The summed E-state index contributed by atoms with van der Waals surface area (Å²) in [5, 5.41) is 2.93. The van der Waals surface area contributed by atoms with E-state index in [1.54, 1.807) is 18.6 Å². The molecule has 2 heterocycles. The standard InChI is InChI=1S/C12H15N3O/c1-3-9(2)14-12(16)10-4-5-15-8-13-7-11(15)6-10/h4-9H,3H2,1-2H3,(H,14,16). The minimum atomic E-state index is -0.0296. The van der Waals surface area contributed by atoms with Gasteiger partial charge in [0.05, 0.1) is 18.0 Å². The van der Waals surface area contributed by atoms with Gasteiger partial charge in [0.15, 0.2) is 0 Å². The number of nitrogens with zero attached hydrogens (tertiary/aromatic N) is 2. The van der Waals surface area contributed by atoms with Gasteiger partial charge in [-0.3, -0.25) is 4.79 Å². The van der Waals surface area contributed by atoms with Crippen molar-refractivity contribution in [2.24, 2.45) is 0 Å². The van der Waals surface area contributed by atoms with Crippen LogP contribution in [-0.2, 0) is 0 Å². The van der Waals surface area contributed by atoms with Crippen LogP contribution >= 0.6 is 0 Å². The van der Waals surface area contributed by atoms with Gasteiger partial charge in [-0.25, -0.2) is 4.98 Å². The Morgan fingerprint density at radius 2 is 2.44 bits per heavy atom. The molecule has 2 rings (SSSR count). The fourth-order valence-corrected chi connectivity index (χ4v) is 1.47. The monoisotopic (exact) mass is 217 g/mol. The SMILES string of the molecule is CCC(C)NC(=O)c1ccn2cncc2c1. The number of rotatable bonds is 3. The second kappa shape index (κ2) is 4.35. The van der Waals surface area contributed by atoms with E-state index in [1.165, 1.54) is 0 Å². The maximum Gasteiger partial charge on any atom is 0.251 e. The van der Waals surface area contributed by atoms with Gasteiger partial charge < -0.3 is 9.72 Å². The Morgan fingerprint density at radius 3 is 3.19 bits per heavy atom. The summed E-state index contributed by atoms with van der Waals surface area (Å²) in [6.07, 6.45) is 6.22. The van der Waals surface area contributed by atoms with Crippen molar-refractivity contribution >= 4 is 11.4 Å². The topological polar surface area (TPSA) is 46.4 Å². The van der Waals surface area contributed by atoms with Gasteiger partial charge in [0.25, 0.3) is 5.91 Å². The van der Waals surface area contributed by atoms with E-state index in [1.807, 2.05) is 30.5 Å². The van der Waals surface area contributed by atoms with E-state index >= 15 is 0 Å². The van der Waals surface area contributed by atoms with Crippen LogP contribution in [0.4, 0.5) is 0 Å². The van der Waals surface area contributed by atoms with Crippen LogP contribution in [0.5, 0.6) is 0 Å². The molecule has 0 fully saturated rings. The quantitative estimate of drug-likeness (QED) is 0.853. The number of aromatic nitrogens is 2. The predicted octanol–water partition coefficient (Wildman–Crippen LogP) is 1.86. The Bertz CT molecular complexity index is 504. The average molecular weight is 217 g/mol. The first-order chi connectivity index (χ1) is 7.70. The lowest BCUT2D eigenvalue weighted by molar-refractivity contribution is 0.0939. The summed E-state index contributed by atoms with van der Waals surface area (Å²) in [6, 6.07) is 3.84. The lowest BCUT2D eigenvalue weighted by Crippen LogP contribution is -2.31. The van der Waals surface area contributed by atoms with E-state index in [4.69, 9.17) is 0 Å². The van der Waals surface area contributed by atoms with Gasteiger partial charge >= 0.3 is 0 Å². The molecule has 1 unspecified atom stereocenters. The van der Waals surface area contributed by atoms with Crippen LogP contribution < -0.4 is 5.32 Å². The van der Waals surface area contributed by atoms with Crippen molar-refractivity contribution in [2.75, 3.05) is 0 Å². The Hall–Kier alpha value is -1.84. The molecule has 1 N–H and O–H groups in total. The van der Waals surface area contributed by atoms with Crippen molar-refractivity contribution in [2.45, 2.75) is 26.3 Å². The van der Waals surface area contributed by atoms with Crippen LogP contribution in [0.1, 0.15) is 30.6 Å². The Labute approximate surface area is 94.3 Å². The minimum absolute atomic E-state index is 0.0296. The highest BCUT2D eigenvalue weighted by Gasteiger charge is 2.08. The number of fused-ring (bicyclic) bond motifs is 1. The average Bonchev–Trinajstić information content (AvgIpc) is 2.75. The van der Waals surface area contributed by atoms with Crippen molar-refractivity contribution in [1.82, 2.24) is 14.7 Å². The summed E-state index contributed by atoms with van der Waals surface area (Å²) < 4.78 is 1.88. The smallest absolute Gasteiger partial charge is 0.251 e. The number of nitrogens with one attached hydrogen (secondary N) is 1. The molecule has 4 nitrogen and oxygen atoms in total. The number of pyridine rings is 1. The highest BCUT2D eigenvalue weighted by molar-refractivity contribution is 5.95. The fraction of sp³-hybridized carbons (Fsp3) is 0.333. The fourth-order valence-electron chi connectivity index (χ4n) is 1.47. The Morgan fingerprint density at radius 1 is 1.62 bits per heavy atom. The van der Waals surface area contributed by atoms with Crippen LogP contribution in [0, 0.1) is 0 Å². The first-order valence-corrected chi connectivity index (χ1v) is 5.43. The lowest BCUT2D eigenvalue weighted by atomic mass is 10.2. The summed E-state index contributed by atoms with van der Waals surface area (Å²) in [5.41, 5.74) is 1.60. The maximum absolute atomic E-state index is 11.8. The maximum atomic E-state index is 11.8. The molecule has 0 bridgehead atoms. The predicted molar refractivity (Wildman–Crippen MR) is 62.4 cm³/mol. The Kier molecular flexibility index (Phi) is 2.90. The van der Waals surface area contributed by atoms with Crippen molar-refractivity contribution in [3.05, 3.63) is 36.4 Å². The third-order valence-corrected chi connectivity index (χ3v) is 2.67. The molecule has 1 atom stereocenters. The van der Waals surface area contributed by atoms with Crippen LogP contribution in [-0.4, -0.2) is 21.3 Å². The molecular formula is C12H15N3O. The number of hydrogen-bond donors (Lipinski definition) is 1. The summed E-state index contributed by atoms with van der Waals surface area (Å²) >= 11 is 0. The highest BCUT2D eigenvalue weighted by atomic mass is 16.1. The van der Waals surface area contributed by atoms with Crippen molar-refractivity contribution in [1.29, 1.82) is 0 Å². The second-order valence-corrected chi connectivity index (χ2v) is 3.92. The molecule has 0 radical (unpaired) electrons. The zero-order valence-corrected chi connectivity index (χ0v) is 9.47. The molecule has 0 saturated heterocycles. The third kappa shape index (κ3) is 2.05. The second-order valence-electron chi connectivity index (χ2n) is 3.92. The zero-order valence-electron chi connectivity index (χ0n) is 9.47. The summed E-state index contributed by atoms with van der Waals surface area (Å²) in [4.78, 5) is 15.8. The molecular weight excluding hydrogens is 202 g/mol. The molecule has 2 aromatic heterocycles. The Balaban J connectivity index is 2.22. The number of amides is 1. The number of hydrogen-bond acceptors (Lipinski definition) is 2. The third-order valence-electron chi connectivity index (χ3n) is 2.67. The van der Waals surface area contributed by atoms with Crippen LogP contribution in [0.2, 0.25) is 0 Å². The zero-order chi connectivity index (χ0) is 11.5. The van der Waals surface area contributed by atoms with Gasteiger partial charge in [0, 0.05) is 17.8 Å². The van der Waals surface area contributed by atoms with Crippen molar-refractivity contribution in [3.63, 3.8) is 0 Å². The molecule has 0 aromatic carbocycles. The molecule has 0 saturated carbocycles. The minimum Gasteiger partial charge on any atom is -0.350 e. The molecule has 0 aliphatic heterocycles. The molecule has 4 heteroatoms. The lowest BCUT2D eigenvalue weighted by Gasteiger charge is -2.11. The van der Waals surface area contributed by atoms with E-state index in [9.17, 15) is 4.79 Å². The molecule has 0 aliphatic carbocycles. The largest absolute Gasteiger partial charge is 0.350 e. The molecule has 0 spiro atoms. The van der Waals surface area contributed by atoms with Crippen molar-refractivity contribution in [3.8, 4) is 0 Å². The van der Waals surface area contributed by atoms with Gasteiger partial charge in [0.2, 0.25) is 0 Å². The first-order valence-electron chi connectivity index (χ1n) is 5.43. The summed E-state index contributed by atoms with van der Waals surface area (Å²) in [6.45, 7) is 4.04. The first kappa shape index (κ1) is 10.7. The van der Waals surface area contributed by atoms with Gasteiger partial charge in [0.1, 0.15) is 0 Å². The van der Waals surface area contributed by atoms with Crippen LogP contribution in [0.25, 0.3) is 5.52 Å². The van der Waals surface area contributed by atoms with Crippen molar-refractivity contribution < 1.29 is 4.79 Å².